The molecule has 0 bridgehead atoms. The molecule has 32 heavy (non-hydrogen) atoms. The summed E-state index contributed by atoms with van der Waals surface area (Å²) >= 11 is 0. The number of hydrogen-bond donors (Lipinski definition) is 0. The Kier molecular flexibility index (Phi) is 5.31. The van der Waals surface area contributed by atoms with Gasteiger partial charge in [-0.25, -0.2) is 8.78 Å². The maximum absolute atomic E-state index is 14.1. The molecule has 4 aromatic rings. The number of tetrazole rings is 1. The lowest BCUT2D eigenvalue weighted by molar-refractivity contribution is 0.553. The molecule has 0 fully saturated rings. The third kappa shape index (κ3) is 3.82. The monoisotopic (exact) mass is 429 g/mol. The van der Waals surface area contributed by atoms with Crippen LogP contribution in [0.1, 0.15) is 36.9 Å². The van der Waals surface area contributed by atoms with Gasteiger partial charge in [-0.15, -0.1) is 10.2 Å². The van der Waals surface area contributed by atoms with E-state index in [1.165, 1.54) is 18.2 Å². The van der Waals surface area contributed by atoms with E-state index in [0.717, 1.165) is 28.7 Å². The van der Waals surface area contributed by atoms with Crippen molar-refractivity contribution in [3.63, 3.8) is 0 Å². The van der Waals surface area contributed by atoms with Crippen LogP contribution < -0.4 is 0 Å². The maximum atomic E-state index is 14.1. The van der Waals surface area contributed by atoms with E-state index in [9.17, 15) is 8.78 Å². The van der Waals surface area contributed by atoms with Crippen LogP contribution in [0, 0.1) is 11.6 Å². The second-order valence-electron chi connectivity index (χ2n) is 7.73. The number of hydrogen-bond acceptors (Lipinski definition) is 4. The van der Waals surface area contributed by atoms with Crippen molar-refractivity contribution in [2.45, 2.75) is 32.4 Å². The van der Waals surface area contributed by atoms with Gasteiger partial charge in [-0.2, -0.15) is 4.80 Å². The quantitative estimate of drug-likeness (QED) is 0.413. The van der Waals surface area contributed by atoms with Crippen molar-refractivity contribution in [2.75, 3.05) is 0 Å². The topological polar surface area (TPSA) is 56.0 Å². The maximum Gasteiger partial charge on any atom is 0.204 e. The zero-order valence-electron chi connectivity index (χ0n) is 17.5. The minimum absolute atomic E-state index is 0.000157. The van der Waals surface area contributed by atoms with E-state index in [4.69, 9.17) is 0 Å². The standard InChI is InChI=1S/C25H21F2N5/c1-2-32-30-25(29-31-32)19-12-8-17(9-13-19)16-6-10-18(11-7-16)22-14-15-23(28-22)24-20(26)4-3-5-21(24)27/h3-13,22H,2,14-15H2,1H3. The van der Waals surface area contributed by atoms with E-state index in [1.54, 1.807) is 4.80 Å². The highest BCUT2D eigenvalue weighted by Crippen LogP contribution is 2.33. The Labute approximate surface area is 184 Å². The van der Waals surface area contributed by atoms with Crippen molar-refractivity contribution in [1.29, 1.82) is 0 Å². The zero-order valence-corrected chi connectivity index (χ0v) is 17.5. The number of rotatable bonds is 5. The van der Waals surface area contributed by atoms with Crippen LogP contribution in [-0.4, -0.2) is 25.9 Å². The highest BCUT2D eigenvalue weighted by molar-refractivity contribution is 6.02. The summed E-state index contributed by atoms with van der Waals surface area (Å²) in [7, 11) is 0. The average molecular weight is 429 g/mol. The SMILES string of the molecule is CCn1nnc(-c2ccc(-c3ccc(C4CCC(c5c(F)cccc5F)=N4)cc3)cc2)n1. The van der Waals surface area contributed by atoms with Gasteiger partial charge in [-0.05, 0) is 53.8 Å². The van der Waals surface area contributed by atoms with Gasteiger partial charge in [-0.3, -0.25) is 4.99 Å². The average Bonchev–Trinajstić information content (AvgIpc) is 3.50. The van der Waals surface area contributed by atoms with Gasteiger partial charge in [0.1, 0.15) is 11.6 Å². The second-order valence-corrected chi connectivity index (χ2v) is 7.73. The third-order valence-electron chi connectivity index (χ3n) is 5.73. The Balaban J connectivity index is 1.34. The van der Waals surface area contributed by atoms with E-state index in [1.807, 2.05) is 55.5 Å². The Morgan fingerprint density at radius 1 is 0.875 bits per heavy atom. The molecule has 1 aromatic heterocycles. The van der Waals surface area contributed by atoms with Gasteiger partial charge in [0.05, 0.1) is 18.2 Å². The van der Waals surface area contributed by atoms with Gasteiger partial charge in [-0.1, -0.05) is 54.6 Å². The van der Waals surface area contributed by atoms with Crippen molar-refractivity contribution < 1.29 is 8.78 Å². The van der Waals surface area contributed by atoms with E-state index in [-0.39, 0.29) is 11.6 Å². The van der Waals surface area contributed by atoms with Gasteiger partial charge >= 0.3 is 0 Å². The molecular weight excluding hydrogens is 408 g/mol. The first-order valence-corrected chi connectivity index (χ1v) is 10.6. The van der Waals surface area contributed by atoms with Crippen molar-refractivity contribution in [3.8, 4) is 22.5 Å². The minimum Gasteiger partial charge on any atom is -0.281 e. The zero-order chi connectivity index (χ0) is 22.1. The first-order chi connectivity index (χ1) is 15.6. The molecule has 7 heteroatoms. The van der Waals surface area contributed by atoms with E-state index in [0.29, 0.717) is 24.5 Å². The molecule has 1 unspecified atom stereocenters. The van der Waals surface area contributed by atoms with Crippen LogP contribution in [0.4, 0.5) is 8.78 Å². The fourth-order valence-electron chi connectivity index (χ4n) is 4.00. The number of halogens is 2. The molecular formula is C25H21F2N5. The molecule has 0 aliphatic carbocycles. The fourth-order valence-corrected chi connectivity index (χ4v) is 4.00. The first kappa shape index (κ1) is 20.2. The molecule has 0 amide bonds. The molecule has 1 atom stereocenters. The van der Waals surface area contributed by atoms with Gasteiger partial charge in [0.2, 0.25) is 5.82 Å². The van der Waals surface area contributed by atoms with Gasteiger partial charge in [0.15, 0.2) is 0 Å². The fraction of sp³-hybridized carbons (Fsp3) is 0.200. The predicted octanol–water partition coefficient (Wildman–Crippen LogP) is 5.63. The molecule has 160 valence electrons. The van der Waals surface area contributed by atoms with Crippen LogP contribution in [0.25, 0.3) is 22.5 Å². The predicted molar refractivity (Wildman–Crippen MR) is 119 cm³/mol. The molecule has 0 saturated heterocycles. The minimum atomic E-state index is -0.560. The molecule has 0 radical (unpaired) electrons. The molecule has 3 aromatic carbocycles. The smallest absolute Gasteiger partial charge is 0.204 e. The Morgan fingerprint density at radius 2 is 1.50 bits per heavy atom. The lowest BCUT2D eigenvalue weighted by Gasteiger charge is -2.09. The van der Waals surface area contributed by atoms with Gasteiger partial charge < -0.3 is 0 Å². The van der Waals surface area contributed by atoms with Crippen LogP contribution in [0.5, 0.6) is 0 Å². The summed E-state index contributed by atoms with van der Waals surface area (Å²) in [5.41, 5.74) is 4.61. The van der Waals surface area contributed by atoms with Gasteiger partial charge in [0.25, 0.3) is 0 Å². The number of benzene rings is 3. The van der Waals surface area contributed by atoms with Gasteiger partial charge in [0, 0.05) is 11.3 Å². The molecule has 1 aliphatic rings. The lowest BCUT2D eigenvalue weighted by atomic mass is 9.98. The van der Waals surface area contributed by atoms with Crippen molar-refractivity contribution in [1.82, 2.24) is 20.2 Å². The summed E-state index contributed by atoms with van der Waals surface area (Å²) in [6, 6.07) is 20.0. The van der Waals surface area contributed by atoms with E-state index >= 15 is 0 Å². The second kappa shape index (κ2) is 8.42. The Morgan fingerprint density at radius 3 is 2.12 bits per heavy atom. The number of nitrogens with zero attached hydrogens (tertiary/aromatic N) is 5. The molecule has 0 spiro atoms. The van der Waals surface area contributed by atoms with Crippen molar-refractivity contribution >= 4 is 5.71 Å². The normalized spacial score (nSPS) is 15.7. The Hall–Kier alpha value is -3.74. The number of aromatic nitrogens is 4. The summed E-state index contributed by atoms with van der Waals surface area (Å²) < 4.78 is 28.2. The summed E-state index contributed by atoms with van der Waals surface area (Å²) in [5, 5.41) is 12.4. The first-order valence-electron chi connectivity index (χ1n) is 10.6. The van der Waals surface area contributed by atoms with Crippen LogP contribution >= 0.6 is 0 Å². The Bertz CT molecular complexity index is 1260. The van der Waals surface area contributed by atoms with Crippen LogP contribution in [0.3, 0.4) is 0 Å². The largest absolute Gasteiger partial charge is 0.281 e. The van der Waals surface area contributed by atoms with Crippen LogP contribution in [0.2, 0.25) is 0 Å². The number of aliphatic imine (C=N–C) groups is 1. The van der Waals surface area contributed by atoms with E-state index < -0.39 is 11.6 Å². The summed E-state index contributed by atoms with van der Waals surface area (Å²) in [6.07, 6.45) is 1.30. The molecule has 1 aliphatic heterocycles. The van der Waals surface area contributed by atoms with E-state index in [2.05, 4.69) is 20.4 Å². The summed E-state index contributed by atoms with van der Waals surface area (Å²) in [6.45, 7) is 2.65. The summed E-state index contributed by atoms with van der Waals surface area (Å²) in [4.78, 5) is 6.18. The lowest BCUT2D eigenvalue weighted by Crippen LogP contribution is -2.03. The molecule has 5 rings (SSSR count). The highest BCUT2D eigenvalue weighted by atomic mass is 19.1. The van der Waals surface area contributed by atoms with Crippen LogP contribution in [-0.2, 0) is 6.54 Å². The molecule has 0 N–H and O–H groups in total. The molecule has 2 heterocycles. The van der Waals surface area contributed by atoms with Crippen molar-refractivity contribution in [2.24, 2.45) is 4.99 Å². The summed E-state index contributed by atoms with van der Waals surface area (Å²) in [5.74, 6) is -0.513. The highest BCUT2D eigenvalue weighted by Gasteiger charge is 2.24. The molecule has 5 nitrogen and oxygen atoms in total. The van der Waals surface area contributed by atoms with Crippen LogP contribution in [0.15, 0.2) is 71.7 Å². The number of aryl methyl sites for hydroxylation is 1. The molecule has 0 saturated carbocycles. The third-order valence-corrected chi connectivity index (χ3v) is 5.73. The van der Waals surface area contributed by atoms with Crippen molar-refractivity contribution in [3.05, 3.63) is 89.5 Å².